The lowest BCUT2D eigenvalue weighted by Crippen LogP contribution is -2.96. The number of aromatic nitrogens is 1. The Morgan fingerprint density at radius 3 is 2.43 bits per heavy atom. The minimum absolute atomic E-state index is 0.000866. The highest BCUT2D eigenvalue weighted by Gasteiger charge is 3.04. The van der Waals surface area contributed by atoms with Gasteiger partial charge in [0.2, 0.25) is 5.79 Å². The van der Waals surface area contributed by atoms with Crippen molar-refractivity contribution < 1.29 is 49.4 Å². The molecule has 1 aliphatic carbocycles. The number of nitrogens with one attached hydrogen (secondary N) is 2. The first kappa shape index (κ1) is 30.3. The number of aliphatic hydroxyl groups excluding tert-OH is 1. The van der Waals surface area contributed by atoms with E-state index in [2.05, 4.69) is 10.5 Å². The molecule has 7 rings (SSSR count). The molecule has 1 unspecified atom stereocenters. The van der Waals surface area contributed by atoms with E-state index in [4.69, 9.17) is 19.0 Å². The van der Waals surface area contributed by atoms with Crippen LogP contribution in [0.1, 0.15) is 69.9 Å². The van der Waals surface area contributed by atoms with E-state index in [-0.39, 0.29) is 25.1 Å². The fourth-order valence-electron chi connectivity index (χ4n) is 9.78. The van der Waals surface area contributed by atoms with E-state index in [1.807, 2.05) is 30.3 Å². The van der Waals surface area contributed by atoms with Crippen molar-refractivity contribution in [2.75, 3.05) is 0 Å². The van der Waals surface area contributed by atoms with Crippen LogP contribution in [0.3, 0.4) is 0 Å². The predicted octanol–water partition coefficient (Wildman–Crippen LogP) is 1.47. The van der Waals surface area contributed by atoms with E-state index in [1.165, 1.54) is 13.0 Å². The number of rotatable bonds is 7. The van der Waals surface area contributed by atoms with Gasteiger partial charge in [-0.1, -0.05) is 58.0 Å². The van der Waals surface area contributed by atoms with Crippen LogP contribution in [-0.4, -0.2) is 82.8 Å². The van der Waals surface area contributed by atoms with Crippen LogP contribution >= 0.6 is 0 Å². The van der Waals surface area contributed by atoms with Gasteiger partial charge >= 0.3 is 5.97 Å². The van der Waals surface area contributed by atoms with Crippen LogP contribution in [0.2, 0.25) is 0 Å². The van der Waals surface area contributed by atoms with Gasteiger partial charge < -0.3 is 44.7 Å². The van der Waals surface area contributed by atoms with E-state index in [0.29, 0.717) is 6.42 Å². The second-order valence-electron chi connectivity index (χ2n) is 14.3. The van der Waals surface area contributed by atoms with Gasteiger partial charge in [0.25, 0.3) is 0 Å². The molecule has 44 heavy (non-hydrogen) atoms. The van der Waals surface area contributed by atoms with E-state index in [9.17, 15) is 30.3 Å². The van der Waals surface area contributed by atoms with Crippen molar-refractivity contribution in [1.29, 1.82) is 0 Å². The molecule has 5 fully saturated rings. The van der Waals surface area contributed by atoms with Crippen LogP contribution < -0.4 is 5.48 Å². The summed E-state index contributed by atoms with van der Waals surface area (Å²) >= 11 is 0. The van der Waals surface area contributed by atoms with E-state index >= 15 is 0 Å². The van der Waals surface area contributed by atoms with Crippen LogP contribution in [0.5, 0.6) is 0 Å². The van der Waals surface area contributed by atoms with Gasteiger partial charge in [-0.2, -0.15) is 5.48 Å². The van der Waals surface area contributed by atoms with Crippen LogP contribution in [0, 0.1) is 22.7 Å². The molecule has 7 N–H and O–H groups in total. The second kappa shape index (κ2) is 8.90. The number of H-pyrrole nitrogens is 1. The zero-order chi connectivity index (χ0) is 31.8. The Labute approximate surface area is 255 Å². The molecule has 4 aliphatic heterocycles. The van der Waals surface area contributed by atoms with Gasteiger partial charge in [-0.05, 0) is 49.3 Å². The molecule has 240 valence electrons. The zero-order valence-corrected chi connectivity index (χ0v) is 25.5. The van der Waals surface area contributed by atoms with Gasteiger partial charge in [-0.15, -0.1) is 0 Å². The standard InChI is InChI=1S/C32H42N2O10/c1-18(2)29(39)24(42-23(36)21-12-9-15-33-21)31(34-41-16-20-10-7-6-8-11-20)25(4)17-28(38)26(29,5)32(40,44-31)30(43-28)22(35)19(3)13-14-27(25,30)37/h6-12,15,18-19,22,24,33-35,37-40H,13-14,16-17H2,1-5H3/t19-,22+,24+,25-,26-,27-,28?,29+,30+,31-,32+/m0/s1. The lowest BCUT2D eigenvalue weighted by atomic mass is 9.42. The van der Waals surface area contributed by atoms with Crippen molar-refractivity contribution in [1.82, 2.24) is 10.5 Å². The summed E-state index contributed by atoms with van der Waals surface area (Å²) in [6.45, 7) is 8.15. The molecular formula is C32H42N2O10. The molecule has 1 aromatic heterocycles. The summed E-state index contributed by atoms with van der Waals surface area (Å²) in [5.41, 5.74) is -8.88. The van der Waals surface area contributed by atoms with Crippen molar-refractivity contribution in [3.63, 3.8) is 0 Å². The maximum Gasteiger partial charge on any atom is 0.355 e. The van der Waals surface area contributed by atoms with E-state index in [1.54, 1.807) is 40.0 Å². The van der Waals surface area contributed by atoms with Crippen molar-refractivity contribution in [2.24, 2.45) is 22.7 Å². The zero-order valence-electron chi connectivity index (χ0n) is 25.5. The number of carbonyl (C=O) groups is 1. The number of carbonyl (C=O) groups excluding carboxylic acids is 1. The van der Waals surface area contributed by atoms with E-state index in [0.717, 1.165) is 5.56 Å². The summed E-state index contributed by atoms with van der Waals surface area (Å²) in [5.74, 6) is -7.20. The van der Waals surface area contributed by atoms with Crippen molar-refractivity contribution >= 4 is 5.97 Å². The quantitative estimate of drug-likeness (QED) is 0.177. The molecule has 0 amide bonds. The fraction of sp³-hybridized carbons (Fsp3) is 0.656. The number of benzene rings is 1. The molecule has 0 radical (unpaired) electrons. The summed E-state index contributed by atoms with van der Waals surface area (Å²) < 4.78 is 19.3. The molecule has 2 aromatic rings. The highest BCUT2D eigenvalue weighted by Crippen LogP contribution is 2.84. The number of ether oxygens (including phenoxy) is 3. The Kier molecular flexibility index (Phi) is 6.12. The van der Waals surface area contributed by atoms with Gasteiger partial charge in [0.1, 0.15) is 22.3 Å². The molecule has 12 heteroatoms. The van der Waals surface area contributed by atoms with Crippen LogP contribution in [0.4, 0.5) is 0 Å². The first-order valence-corrected chi connectivity index (χ1v) is 15.3. The van der Waals surface area contributed by atoms with Crippen LogP contribution in [0.25, 0.3) is 0 Å². The second-order valence-corrected chi connectivity index (χ2v) is 14.3. The summed E-state index contributed by atoms with van der Waals surface area (Å²) in [6.07, 6.45) is -1.62. The number of hydrogen-bond acceptors (Lipinski definition) is 11. The molecule has 1 aromatic carbocycles. The lowest BCUT2D eigenvalue weighted by Gasteiger charge is -2.76. The maximum atomic E-state index is 13.7. The number of aliphatic hydroxyl groups is 5. The van der Waals surface area contributed by atoms with Gasteiger partial charge in [-0.25, -0.2) is 4.79 Å². The minimum Gasteiger partial charge on any atom is -0.450 e. The summed E-state index contributed by atoms with van der Waals surface area (Å²) in [7, 11) is 0. The van der Waals surface area contributed by atoms with Crippen LogP contribution in [0.15, 0.2) is 48.7 Å². The molecule has 1 spiro atoms. The number of hydrogen-bond donors (Lipinski definition) is 7. The first-order valence-electron chi connectivity index (χ1n) is 15.3. The fourth-order valence-corrected chi connectivity index (χ4v) is 9.78. The molecule has 1 saturated carbocycles. The first-order chi connectivity index (χ1) is 20.6. The number of hydroxylamine groups is 1. The molecule has 12 nitrogen and oxygen atoms in total. The highest BCUT2D eigenvalue weighted by molar-refractivity contribution is 5.87. The Balaban J connectivity index is 1.50. The van der Waals surface area contributed by atoms with Crippen LogP contribution in [-0.2, 0) is 25.7 Å². The smallest absolute Gasteiger partial charge is 0.355 e. The van der Waals surface area contributed by atoms with E-state index < -0.39 is 74.9 Å². The molecule has 5 heterocycles. The van der Waals surface area contributed by atoms with Gasteiger partial charge in [0.15, 0.2) is 23.2 Å². The molecule has 11 atom stereocenters. The minimum atomic E-state index is -2.72. The van der Waals surface area contributed by atoms with Gasteiger partial charge in [0.05, 0.1) is 18.1 Å². The summed E-state index contributed by atoms with van der Waals surface area (Å²) in [5, 5.41) is 63.6. The van der Waals surface area contributed by atoms with Crippen molar-refractivity contribution in [3.05, 3.63) is 59.9 Å². The van der Waals surface area contributed by atoms with Gasteiger partial charge in [-0.3, -0.25) is 4.84 Å². The average Bonchev–Trinajstić information content (AvgIpc) is 3.55. The molecule has 5 bridgehead atoms. The third-order valence-corrected chi connectivity index (χ3v) is 12.3. The SMILES string of the molecule is CC(C)[C@@]1(O)[C@@H](OC(=O)c2ccc[nH]2)[C@]2(NOCc3ccccc3)O[C@@]3(O)[C@]45OC(O)(C[C@@]2(C)[C@@]4(O)CC[C@H](C)[C@H]5O)[C@]31C. The van der Waals surface area contributed by atoms with Gasteiger partial charge in [0, 0.05) is 12.6 Å². The number of esters is 1. The highest BCUT2D eigenvalue weighted by atomic mass is 16.8. The molecule has 5 aliphatic rings. The molecule has 4 saturated heterocycles. The third-order valence-electron chi connectivity index (χ3n) is 12.3. The topological polar surface area (TPSA) is 183 Å². The summed E-state index contributed by atoms with van der Waals surface area (Å²) in [6, 6.07) is 12.3. The lowest BCUT2D eigenvalue weighted by molar-refractivity contribution is -0.535. The monoisotopic (exact) mass is 614 g/mol. The number of aromatic amines is 1. The Morgan fingerprint density at radius 1 is 1.09 bits per heavy atom. The Bertz CT molecular complexity index is 1470. The maximum absolute atomic E-state index is 13.7. The van der Waals surface area contributed by atoms with Crippen molar-refractivity contribution in [2.45, 2.75) is 107 Å². The normalized spacial score (nSPS) is 50.2. The molecular weight excluding hydrogens is 572 g/mol. The summed E-state index contributed by atoms with van der Waals surface area (Å²) in [4.78, 5) is 22.6. The average molecular weight is 615 g/mol. The number of fused-ring (bicyclic) bond motifs is 4. The van der Waals surface area contributed by atoms with Crippen molar-refractivity contribution in [3.8, 4) is 0 Å². The largest absolute Gasteiger partial charge is 0.450 e. The predicted molar refractivity (Wildman–Crippen MR) is 152 cm³/mol. The Hall–Kier alpha value is -2.39. The Morgan fingerprint density at radius 2 is 1.80 bits per heavy atom. The third kappa shape index (κ3) is 2.90.